The van der Waals surface area contributed by atoms with Crippen LogP contribution in [0.3, 0.4) is 0 Å². The number of nitrogens with one attached hydrogen (secondary N) is 1. The fourth-order valence-electron chi connectivity index (χ4n) is 2.55. The molecule has 1 aliphatic heterocycles. The largest absolute Gasteiger partial charge is 0.340 e. The number of non-ortho nitro benzene ring substituents is 1. The summed E-state index contributed by atoms with van der Waals surface area (Å²) in [5.41, 5.74) is 1.56. The van der Waals surface area contributed by atoms with Crippen molar-refractivity contribution in [2.75, 3.05) is 43.0 Å². The smallest absolute Gasteiger partial charge is 0.271 e. The van der Waals surface area contributed by atoms with Crippen LogP contribution < -0.4 is 4.90 Å². The molecule has 0 aliphatic carbocycles. The number of benzene rings is 1. The van der Waals surface area contributed by atoms with Crippen LogP contribution in [0.2, 0.25) is 0 Å². The van der Waals surface area contributed by atoms with Crippen molar-refractivity contribution in [3.63, 3.8) is 0 Å². The van der Waals surface area contributed by atoms with Gasteiger partial charge in [-0.15, -0.1) is 0 Å². The first-order valence-electron chi connectivity index (χ1n) is 6.85. The molecule has 21 heavy (non-hydrogen) atoms. The molecule has 0 radical (unpaired) electrons. The number of fused-ring (bicyclic) bond motifs is 1. The van der Waals surface area contributed by atoms with Crippen LogP contribution in [0.4, 0.5) is 11.6 Å². The molecular formula is C13H16BrN5O2. The number of anilines is 1. The lowest BCUT2D eigenvalue weighted by Gasteiger charge is -2.34. The molecule has 0 saturated carbocycles. The number of rotatable bonds is 4. The van der Waals surface area contributed by atoms with Gasteiger partial charge in [0, 0.05) is 50.2 Å². The van der Waals surface area contributed by atoms with Crippen molar-refractivity contribution < 1.29 is 4.92 Å². The molecule has 0 spiro atoms. The van der Waals surface area contributed by atoms with E-state index in [2.05, 4.69) is 35.7 Å². The molecular weight excluding hydrogens is 338 g/mol. The molecule has 0 bridgehead atoms. The third-order valence-corrected chi connectivity index (χ3v) is 4.09. The van der Waals surface area contributed by atoms with Gasteiger partial charge >= 0.3 is 0 Å². The molecule has 1 aliphatic rings. The molecule has 1 aromatic heterocycles. The summed E-state index contributed by atoms with van der Waals surface area (Å²) in [4.78, 5) is 22.7. The summed E-state index contributed by atoms with van der Waals surface area (Å²) < 4.78 is 0. The summed E-state index contributed by atoms with van der Waals surface area (Å²) in [6.45, 7) is 4.88. The van der Waals surface area contributed by atoms with Crippen LogP contribution in [0.1, 0.15) is 0 Å². The Morgan fingerprint density at radius 2 is 2.10 bits per heavy atom. The van der Waals surface area contributed by atoms with E-state index in [4.69, 9.17) is 0 Å². The molecule has 3 rings (SSSR count). The molecule has 1 saturated heterocycles. The van der Waals surface area contributed by atoms with E-state index in [-0.39, 0.29) is 10.6 Å². The van der Waals surface area contributed by atoms with Crippen molar-refractivity contribution in [1.29, 1.82) is 0 Å². The minimum Gasteiger partial charge on any atom is -0.340 e. The second-order valence-electron chi connectivity index (χ2n) is 5.04. The van der Waals surface area contributed by atoms with Gasteiger partial charge in [0.25, 0.3) is 5.69 Å². The first-order chi connectivity index (χ1) is 10.2. The number of hydrogen-bond donors (Lipinski definition) is 1. The summed E-state index contributed by atoms with van der Waals surface area (Å²) in [7, 11) is 0. The number of piperazine rings is 1. The topological polar surface area (TPSA) is 78.3 Å². The fraction of sp³-hybridized carbons (Fsp3) is 0.462. The van der Waals surface area contributed by atoms with Gasteiger partial charge in [0.15, 0.2) is 0 Å². The molecule has 112 valence electrons. The standard InChI is InChI=1S/C13H16BrN5O2/c14-3-4-17-5-7-18(8-6-17)13-15-11-2-1-10(19(20)21)9-12(11)16-13/h1-2,9H,3-8H2,(H,15,16). The minimum absolute atomic E-state index is 0.0832. The Morgan fingerprint density at radius 1 is 1.33 bits per heavy atom. The van der Waals surface area contributed by atoms with Crippen molar-refractivity contribution in [2.24, 2.45) is 0 Å². The Bertz CT molecular complexity index is 651. The first-order valence-corrected chi connectivity index (χ1v) is 7.97. The van der Waals surface area contributed by atoms with Gasteiger partial charge in [0.05, 0.1) is 16.0 Å². The van der Waals surface area contributed by atoms with E-state index >= 15 is 0 Å². The molecule has 2 heterocycles. The zero-order valence-corrected chi connectivity index (χ0v) is 13.0. The van der Waals surface area contributed by atoms with Gasteiger partial charge in [0.2, 0.25) is 5.95 Å². The number of aromatic nitrogens is 2. The highest BCUT2D eigenvalue weighted by Gasteiger charge is 2.19. The van der Waals surface area contributed by atoms with E-state index in [1.54, 1.807) is 6.07 Å². The molecule has 2 aromatic rings. The predicted octanol–water partition coefficient (Wildman–Crippen LogP) is 1.99. The van der Waals surface area contributed by atoms with Gasteiger partial charge in [0.1, 0.15) is 0 Å². The second-order valence-corrected chi connectivity index (χ2v) is 5.83. The monoisotopic (exact) mass is 353 g/mol. The Balaban J connectivity index is 1.77. The van der Waals surface area contributed by atoms with E-state index in [9.17, 15) is 10.1 Å². The number of nitro groups is 1. The zero-order chi connectivity index (χ0) is 14.8. The van der Waals surface area contributed by atoms with Crippen LogP contribution in [-0.2, 0) is 0 Å². The van der Waals surface area contributed by atoms with Gasteiger partial charge in [-0.1, -0.05) is 15.9 Å². The number of H-pyrrole nitrogens is 1. The highest BCUT2D eigenvalue weighted by molar-refractivity contribution is 9.09. The number of nitro benzene ring substituents is 1. The molecule has 0 amide bonds. The normalized spacial score (nSPS) is 16.5. The predicted molar refractivity (Wildman–Crippen MR) is 85.2 cm³/mol. The Hall–Kier alpha value is -1.67. The third-order valence-electron chi connectivity index (χ3n) is 3.74. The van der Waals surface area contributed by atoms with Gasteiger partial charge in [-0.2, -0.15) is 0 Å². The van der Waals surface area contributed by atoms with Crippen LogP contribution in [-0.4, -0.2) is 57.8 Å². The van der Waals surface area contributed by atoms with Gasteiger partial charge < -0.3 is 9.88 Å². The Morgan fingerprint density at radius 3 is 2.76 bits per heavy atom. The maximum absolute atomic E-state index is 10.8. The Labute approximate surface area is 130 Å². The second kappa shape index (κ2) is 5.98. The molecule has 1 aromatic carbocycles. The lowest BCUT2D eigenvalue weighted by molar-refractivity contribution is -0.384. The van der Waals surface area contributed by atoms with Crippen LogP contribution in [0.15, 0.2) is 18.2 Å². The summed E-state index contributed by atoms with van der Waals surface area (Å²) >= 11 is 3.46. The molecule has 7 nitrogen and oxygen atoms in total. The minimum atomic E-state index is -0.390. The van der Waals surface area contributed by atoms with Crippen LogP contribution >= 0.6 is 15.9 Å². The molecule has 0 unspecified atom stereocenters. The molecule has 0 atom stereocenters. The summed E-state index contributed by atoms with van der Waals surface area (Å²) in [5.74, 6) is 0.795. The Kier molecular flexibility index (Phi) is 4.07. The lowest BCUT2D eigenvalue weighted by Crippen LogP contribution is -2.47. The van der Waals surface area contributed by atoms with Gasteiger partial charge in [-0.25, -0.2) is 4.98 Å². The summed E-state index contributed by atoms with van der Waals surface area (Å²) in [6, 6.07) is 4.71. The molecule has 1 N–H and O–H groups in total. The number of alkyl halides is 1. The van der Waals surface area contributed by atoms with Gasteiger partial charge in [-0.3, -0.25) is 15.0 Å². The fourth-order valence-corrected chi connectivity index (χ4v) is 3.05. The number of nitrogens with zero attached hydrogens (tertiary/aromatic N) is 4. The SMILES string of the molecule is O=[N+]([O-])c1ccc2nc(N3CCN(CCBr)CC3)[nH]c2c1. The van der Waals surface area contributed by atoms with Crippen LogP contribution in [0.5, 0.6) is 0 Å². The van der Waals surface area contributed by atoms with E-state index in [1.807, 2.05) is 0 Å². The average Bonchev–Trinajstić information content (AvgIpc) is 2.91. The lowest BCUT2D eigenvalue weighted by atomic mass is 10.3. The molecule has 1 fully saturated rings. The molecule has 8 heteroatoms. The zero-order valence-electron chi connectivity index (χ0n) is 11.5. The maximum atomic E-state index is 10.8. The van der Waals surface area contributed by atoms with E-state index < -0.39 is 0 Å². The van der Waals surface area contributed by atoms with E-state index in [1.165, 1.54) is 12.1 Å². The van der Waals surface area contributed by atoms with Crippen LogP contribution in [0, 0.1) is 10.1 Å². The third kappa shape index (κ3) is 3.01. The van der Waals surface area contributed by atoms with E-state index in [0.29, 0.717) is 5.52 Å². The summed E-state index contributed by atoms with van der Waals surface area (Å²) in [5, 5.41) is 11.8. The van der Waals surface area contributed by atoms with Gasteiger partial charge in [-0.05, 0) is 6.07 Å². The quantitative estimate of drug-likeness (QED) is 0.516. The van der Waals surface area contributed by atoms with E-state index in [0.717, 1.165) is 49.5 Å². The number of imidazole rings is 1. The highest BCUT2D eigenvalue weighted by Crippen LogP contribution is 2.22. The summed E-state index contributed by atoms with van der Waals surface area (Å²) in [6.07, 6.45) is 0. The van der Waals surface area contributed by atoms with Crippen molar-refractivity contribution in [2.45, 2.75) is 0 Å². The number of halogens is 1. The van der Waals surface area contributed by atoms with Crippen molar-refractivity contribution in [1.82, 2.24) is 14.9 Å². The number of hydrogen-bond acceptors (Lipinski definition) is 5. The average molecular weight is 354 g/mol. The van der Waals surface area contributed by atoms with Crippen molar-refractivity contribution in [3.8, 4) is 0 Å². The van der Waals surface area contributed by atoms with Crippen molar-refractivity contribution in [3.05, 3.63) is 28.3 Å². The maximum Gasteiger partial charge on any atom is 0.271 e. The highest BCUT2D eigenvalue weighted by atomic mass is 79.9. The number of aromatic amines is 1. The first kappa shape index (κ1) is 14.3. The van der Waals surface area contributed by atoms with Crippen LogP contribution in [0.25, 0.3) is 11.0 Å². The van der Waals surface area contributed by atoms with Crippen molar-refractivity contribution >= 4 is 38.6 Å².